The highest BCUT2D eigenvalue weighted by Gasteiger charge is 2.23. The fourth-order valence-corrected chi connectivity index (χ4v) is 5.08. The van der Waals surface area contributed by atoms with Crippen molar-refractivity contribution in [2.24, 2.45) is 0 Å². The molecule has 0 aliphatic carbocycles. The van der Waals surface area contributed by atoms with E-state index in [0.717, 1.165) is 12.3 Å². The molecule has 0 aliphatic rings. The van der Waals surface area contributed by atoms with E-state index in [4.69, 9.17) is 11.6 Å². The Morgan fingerprint density at radius 2 is 1.89 bits per heavy atom. The molecule has 1 aromatic carbocycles. The molecular formula is C10H13ClFNO4S2. The third-order valence-corrected chi connectivity index (χ3v) is 6.15. The van der Waals surface area contributed by atoms with Gasteiger partial charge in [0.2, 0.25) is 10.0 Å². The van der Waals surface area contributed by atoms with Crippen molar-refractivity contribution in [3.8, 4) is 0 Å². The van der Waals surface area contributed by atoms with Crippen molar-refractivity contribution in [2.45, 2.75) is 13.0 Å². The number of halogens is 2. The standard InChI is InChI=1S/C10H13ClFNO4S2/c1-7(10-8(11)4-3-5-9(10)12)13-19(16,17)6-18(2,14)15/h3-5,7,13H,6H2,1-2H3/t7-/m1/s1. The minimum atomic E-state index is -4.08. The quantitative estimate of drug-likeness (QED) is 0.887. The molecule has 1 aromatic rings. The van der Waals surface area contributed by atoms with E-state index in [0.29, 0.717) is 0 Å². The van der Waals surface area contributed by atoms with E-state index in [9.17, 15) is 21.2 Å². The predicted molar refractivity (Wildman–Crippen MR) is 71.6 cm³/mol. The van der Waals surface area contributed by atoms with Gasteiger partial charge >= 0.3 is 0 Å². The van der Waals surface area contributed by atoms with E-state index in [1.807, 2.05) is 0 Å². The molecule has 0 aliphatic heterocycles. The van der Waals surface area contributed by atoms with Crippen molar-refractivity contribution >= 4 is 31.5 Å². The Kier molecular flexibility index (Phi) is 4.94. The van der Waals surface area contributed by atoms with Crippen LogP contribution >= 0.6 is 11.6 Å². The number of rotatable bonds is 5. The first-order valence-electron chi connectivity index (χ1n) is 5.13. The van der Waals surface area contributed by atoms with E-state index < -0.39 is 36.8 Å². The molecule has 1 atom stereocenters. The first kappa shape index (κ1) is 16.4. The molecule has 9 heteroatoms. The molecule has 0 aromatic heterocycles. The topological polar surface area (TPSA) is 80.3 Å². The van der Waals surface area contributed by atoms with E-state index in [1.165, 1.54) is 19.1 Å². The van der Waals surface area contributed by atoms with Crippen LogP contribution < -0.4 is 4.72 Å². The SMILES string of the molecule is C[C@@H](NS(=O)(=O)CS(C)(=O)=O)c1c(F)cccc1Cl. The molecule has 108 valence electrons. The average Bonchev–Trinajstić information content (AvgIpc) is 2.11. The van der Waals surface area contributed by atoms with Crippen LogP contribution in [0.5, 0.6) is 0 Å². The van der Waals surface area contributed by atoms with Crippen LogP contribution in [0.2, 0.25) is 5.02 Å². The van der Waals surface area contributed by atoms with Crippen LogP contribution in [-0.4, -0.2) is 28.2 Å². The zero-order valence-electron chi connectivity index (χ0n) is 10.2. The minimum Gasteiger partial charge on any atom is -0.228 e. The molecule has 0 heterocycles. The van der Waals surface area contributed by atoms with Gasteiger partial charge in [0.15, 0.2) is 14.9 Å². The number of sulfonamides is 1. The molecule has 0 unspecified atom stereocenters. The Balaban J connectivity index is 3.01. The van der Waals surface area contributed by atoms with Crippen LogP contribution in [0.4, 0.5) is 4.39 Å². The summed E-state index contributed by atoms with van der Waals surface area (Å²) in [5.74, 6) is -0.665. The second-order valence-corrected chi connectivity index (χ2v) is 8.80. The van der Waals surface area contributed by atoms with E-state index in [1.54, 1.807) is 0 Å². The molecule has 0 spiro atoms. The molecule has 0 saturated heterocycles. The Labute approximate surface area is 116 Å². The van der Waals surface area contributed by atoms with Gasteiger partial charge in [0.1, 0.15) is 5.82 Å². The van der Waals surface area contributed by atoms with Crippen LogP contribution in [-0.2, 0) is 19.9 Å². The van der Waals surface area contributed by atoms with Gasteiger partial charge in [-0.1, -0.05) is 17.7 Å². The maximum atomic E-state index is 13.6. The van der Waals surface area contributed by atoms with Gasteiger partial charge < -0.3 is 0 Å². The third kappa shape index (κ3) is 5.06. The summed E-state index contributed by atoms with van der Waals surface area (Å²) < 4.78 is 60.8. The van der Waals surface area contributed by atoms with E-state index >= 15 is 0 Å². The number of sulfone groups is 1. The minimum absolute atomic E-state index is 0.0266. The van der Waals surface area contributed by atoms with Crippen molar-refractivity contribution in [3.63, 3.8) is 0 Å². The van der Waals surface area contributed by atoms with Crippen LogP contribution in [0.1, 0.15) is 18.5 Å². The molecule has 19 heavy (non-hydrogen) atoms. The summed E-state index contributed by atoms with van der Waals surface area (Å²) in [6, 6.07) is 2.98. The van der Waals surface area contributed by atoms with Gasteiger partial charge in [0.25, 0.3) is 0 Å². The van der Waals surface area contributed by atoms with Crippen LogP contribution in [0.3, 0.4) is 0 Å². The summed E-state index contributed by atoms with van der Waals surface area (Å²) in [5.41, 5.74) is -0.0266. The molecular weight excluding hydrogens is 317 g/mol. The summed E-state index contributed by atoms with van der Waals surface area (Å²) in [6.45, 7) is 1.38. The fourth-order valence-electron chi connectivity index (χ4n) is 1.57. The molecule has 0 amide bonds. The molecule has 0 saturated carbocycles. The molecule has 0 radical (unpaired) electrons. The highest BCUT2D eigenvalue weighted by molar-refractivity contribution is 8.06. The second-order valence-electron chi connectivity index (χ2n) is 4.13. The van der Waals surface area contributed by atoms with Gasteiger partial charge in [-0.3, -0.25) is 0 Å². The summed E-state index contributed by atoms with van der Waals surface area (Å²) in [4.78, 5) is 0. The number of hydrogen-bond donors (Lipinski definition) is 1. The molecule has 0 fully saturated rings. The summed E-state index contributed by atoms with van der Waals surface area (Å²) in [5, 5.41) is -0.995. The Bertz CT molecular complexity index is 653. The Morgan fingerprint density at radius 1 is 1.32 bits per heavy atom. The normalized spacial score (nSPS) is 14.3. The lowest BCUT2D eigenvalue weighted by Crippen LogP contribution is -2.32. The average molecular weight is 330 g/mol. The van der Waals surface area contributed by atoms with Crippen molar-refractivity contribution in [3.05, 3.63) is 34.6 Å². The van der Waals surface area contributed by atoms with Crippen molar-refractivity contribution < 1.29 is 21.2 Å². The van der Waals surface area contributed by atoms with Crippen molar-refractivity contribution in [1.82, 2.24) is 4.72 Å². The van der Waals surface area contributed by atoms with E-state index in [2.05, 4.69) is 4.72 Å². The first-order chi connectivity index (χ1) is 8.52. The van der Waals surface area contributed by atoms with Crippen LogP contribution in [0.25, 0.3) is 0 Å². The maximum Gasteiger partial charge on any atom is 0.226 e. The molecule has 0 bridgehead atoms. The lowest BCUT2D eigenvalue weighted by atomic mass is 10.1. The second kappa shape index (κ2) is 5.74. The zero-order chi connectivity index (χ0) is 14.8. The zero-order valence-corrected chi connectivity index (χ0v) is 12.6. The smallest absolute Gasteiger partial charge is 0.226 e. The highest BCUT2D eigenvalue weighted by Crippen LogP contribution is 2.26. The Hall–Kier alpha value is -0.700. The van der Waals surface area contributed by atoms with Crippen LogP contribution in [0, 0.1) is 5.82 Å². The molecule has 1 N–H and O–H groups in total. The molecule has 1 rings (SSSR count). The lowest BCUT2D eigenvalue weighted by Gasteiger charge is -2.16. The van der Waals surface area contributed by atoms with Gasteiger partial charge in [-0.15, -0.1) is 0 Å². The Morgan fingerprint density at radius 3 is 2.37 bits per heavy atom. The van der Waals surface area contributed by atoms with E-state index in [-0.39, 0.29) is 10.6 Å². The summed E-state index contributed by atoms with van der Waals surface area (Å²) in [7, 11) is -7.79. The van der Waals surface area contributed by atoms with Crippen molar-refractivity contribution in [1.29, 1.82) is 0 Å². The number of benzene rings is 1. The largest absolute Gasteiger partial charge is 0.228 e. The third-order valence-electron chi connectivity index (χ3n) is 2.16. The summed E-state index contributed by atoms with van der Waals surface area (Å²) in [6.07, 6.45) is 0.799. The molecule has 5 nitrogen and oxygen atoms in total. The van der Waals surface area contributed by atoms with Gasteiger partial charge in [-0.25, -0.2) is 25.9 Å². The van der Waals surface area contributed by atoms with Gasteiger partial charge in [0, 0.05) is 22.9 Å². The predicted octanol–water partition coefficient (Wildman–Crippen LogP) is 1.46. The van der Waals surface area contributed by atoms with Crippen LogP contribution in [0.15, 0.2) is 18.2 Å². The van der Waals surface area contributed by atoms with Crippen molar-refractivity contribution in [2.75, 3.05) is 11.3 Å². The van der Waals surface area contributed by atoms with Gasteiger partial charge in [0.05, 0.1) is 0 Å². The summed E-state index contributed by atoms with van der Waals surface area (Å²) >= 11 is 5.79. The first-order valence-corrected chi connectivity index (χ1v) is 9.22. The highest BCUT2D eigenvalue weighted by atomic mass is 35.5. The fraction of sp³-hybridized carbons (Fsp3) is 0.400. The van der Waals surface area contributed by atoms with Gasteiger partial charge in [-0.05, 0) is 19.1 Å². The monoisotopic (exact) mass is 329 g/mol. The number of hydrogen-bond acceptors (Lipinski definition) is 4. The lowest BCUT2D eigenvalue weighted by molar-refractivity contribution is 0.552. The number of nitrogens with one attached hydrogen (secondary N) is 1. The maximum absolute atomic E-state index is 13.6. The van der Waals surface area contributed by atoms with Gasteiger partial charge in [-0.2, -0.15) is 0 Å².